The quantitative estimate of drug-likeness (QED) is 0.218. The van der Waals surface area contributed by atoms with Gasteiger partial charge in [-0.05, 0) is 28.7 Å². The standard InChI is InChI=1S/C28H30N4O4.ClH/c33-26(23-17-21-13-7-8-14-22(21)18-29-23)30-24(15-19-9-3-1-4-10-19)27(34)31-25(28(35)32-36)16-20-11-5-2-6-12-20;/h1-14,23-25,29,36H,15-18H2,(H,30,33)(H,31,34)(H,32,35);1H/t23-,24-,25-;/m0./s1. The molecule has 1 aliphatic rings. The van der Waals surface area contributed by atoms with Crippen molar-refractivity contribution in [2.45, 2.75) is 43.9 Å². The topological polar surface area (TPSA) is 120 Å². The lowest BCUT2D eigenvalue weighted by Gasteiger charge is -2.28. The smallest absolute Gasteiger partial charge is 0.266 e. The highest BCUT2D eigenvalue weighted by atomic mass is 35.5. The molecule has 3 aromatic carbocycles. The first-order valence-corrected chi connectivity index (χ1v) is 12.0. The van der Waals surface area contributed by atoms with Gasteiger partial charge in [0.15, 0.2) is 0 Å². The molecule has 194 valence electrons. The maximum absolute atomic E-state index is 13.4. The molecule has 0 aliphatic carbocycles. The third kappa shape index (κ3) is 7.63. The third-order valence-electron chi connectivity index (χ3n) is 6.34. The summed E-state index contributed by atoms with van der Waals surface area (Å²) in [6.45, 7) is 0.569. The summed E-state index contributed by atoms with van der Waals surface area (Å²) >= 11 is 0. The summed E-state index contributed by atoms with van der Waals surface area (Å²) in [7, 11) is 0. The molecule has 37 heavy (non-hydrogen) atoms. The van der Waals surface area contributed by atoms with E-state index < -0.39 is 29.9 Å². The van der Waals surface area contributed by atoms with E-state index in [0.29, 0.717) is 13.0 Å². The number of hydrogen-bond acceptors (Lipinski definition) is 5. The van der Waals surface area contributed by atoms with Crippen molar-refractivity contribution in [3.05, 3.63) is 107 Å². The van der Waals surface area contributed by atoms with Crippen LogP contribution in [0.2, 0.25) is 0 Å². The van der Waals surface area contributed by atoms with Crippen molar-refractivity contribution in [3.8, 4) is 0 Å². The number of amides is 3. The summed E-state index contributed by atoms with van der Waals surface area (Å²) in [5.74, 6) is -1.53. The van der Waals surface area contributed by atoms with Gasteiger partial charge in [-0.15, -0.1) is 12.4 Å². The fourth-order valence-corrected chi connectivity index (χ4v) is 4.38. The second kappa shape index (κ2) is 13.5. The van der Waals surface area contributed by atoms with Gasteiger partial charge in [-0.25, -0.2) is 5.48 Å². The van der Waals surface area contributed by atoms with Gasteiger partial charge >= 0.3 is 0 Å². The minimum Gasteiger partial charge on any atom is -0.343 e. The average molecular weight is 523 g/mol. The van der Waals surface area contributed by atoms with Gasteiger partial charge in [-0.2, -0.15) is 0 Å². The van der Waals surface area contributed by atoms with Gasteiger partial charge in [0, 0.05) is 19.4 Å². The average Bonchev–Trinajstić information content (AvgIpc) is 2.92. The Labute approximate surface area is 222 Å². The summed E-state index contributed by atoms with van der Waals surface area (Å²) in [6, 6.07) is 24.1. The van der Waals surface area contributed by atoms with Crippen LogP contribution in [0.25, 0.3) is 0 Å². The van der Waals surface area contributed by atoms with Crippen LogP contribution in [0.15, 0.2) is 84.9 Å². The number of halogens is 1. The zero-order chi connectivity index (χ0) is 25.3. The number of rotatable bonds is 9. The monoisotopic (exact) mass is 522 g/mol. The van der Waals surface area contributed by atoms with Crippen molar-refractivity contribution < 1.29 is 19.6 Å². The number of hydrogen-bond donors (Lipinski definition) is 5. The van der Waals surface area contributed by atoms with Crippen LogP contribution >= 0.6 is 12.4 Å². The first kappa shape index (κ1) is 27.9. The van der Waals surface area contributed by atoms with Crippen LogP contribution in [0.3, 0.4) is 0 Å². The Bertz CT molecular complexity index is 1190. The van der Waals surface area contributed by atoms with Crippen molar-refractivity contribution in [2.75, 3.05) is 0 Å². The SMILES string of the molecule is Cl.O=C(N[C@@H](Cc1ccccc1)C(=O)N[C@@H](Cc1ccccc1)C(=O)NO)[C@@H]1Cc2ccccc2CN1. The molecule has 0 unspecified atom stereocenters. The van der Waals surface area contributed by atoms with Crippen LogP contribution in [0.1, 0.15) is 22.3 Å². The molecule has 3 aromatic rings. The van der Waals surface area contributed by atoms with E-state index in [9.17, 15) is 19.6 Å². The molecule has 1 aliphatic heterocycles. The highest BCUT2D eigenvalue weighted by molar-refractivity contribution is 5.93. The molecular weight excluding hydrogens is 492 g/mol. The Morgan fingerprint density at radius 2 is 1.27 bits per heavy atom. The van der Waals surface area contributed by atoms with E-state index in [2.05, 4.69) is 16.0 Å². The molecule has 3 amide bonds. The van der Waals surface area contributed by atoms with Gasteiger partial charge in [0.1, 0.15) is 12.1 Å². The lowest BCUT2D eigenvalue weighted by atomic mass is 9.95. The number of carbonyl (C=O) groups is 3. The maximum atomic E-state index is 13.4. The van der Waals surface area contributed by atoms with E-state index in [1.165, 1.54) is 0 Å². The molecule has 0 fully saturated rings. The number of benzene rings is 3. The van der Waals surface area contributed by atoms with Crippen molar-refractivity contribution in [1.29, 1.82) is 0 Å². The summed E-state index contributed by atoms with van der Waals surface area (Å²) < 4.78 is 0. The van der Waals surface area contributed by atoms with Gasteiger partial charge < -0.3 is 16.0 Å². The number of nitrogens with one attached hydrogen (secondary N) is 4. The normalized spacial score (nSPS) is 15.8. The van der Waals surface area contributed by atoms with Gasteiger partial charge in [-0.3, -0.25) is 19.6 Å². The molecular formula is C28H31ClN4O4. The third-order valence-corrected chi connectivity index (χ3v) is 6.34. The van der Waals surface area contributed by atoms with Crippen molar-refractivity contribution in [3.63, 3.8) is 0 Å². The van der Waals surface area contributed by atoms with Crippen molar-refractivity contribution in [2.24, 2.45) is 0 Å². The highest BCUT2D eigenvalue weighted by Gasteiger charge is 2.30. The summed E-state index contributed by atoms with van der Waals surface area (Å²) in [5.41, 5.74) is 5.57. The van der Waals surface area contributed by atoms with E-state index in [-0.39, 0.29) is 31.2 Å². The summed E-state index contributed by atoms with van der Waals surface area (Å²) in [4.78, 5) is 38.9. The minimum atomic E-state index is -1.01. The van der Waals surface area contributed by atoms with Gasteiger partial charge in [0.25, 0.3) is 5.91 Å². The van der Waals surface area contributed by atoms with Crippen molar-refractivity contribution in [1.82, 2.24) is 21.4 Å². The van der Waals surface area contributed by atoms with E-state index in [1.807, 2.05) is 84.9 Å². The van der Waals surface area contributed by atoms with E-state index in [0.717, 1.165) is 22.3 Å². The maximum Gasteiger partial charge on any atom is 0.266 e. The van der Waals surface area contributed by atoms with Crippen LogP contribution in [0, 0.1) is 0 Å². The first-order chi connectivity index (χ1) is 17.5. The summed E-state index contributed by atoms with van der Waals surface area (Å²) in [5, 5.41) is 18.1. The minimum absolute atomic E-state index is 0. The van der Waals surface area contributed by atoms with E-state index in [4.69, 9.17) is 0 Å². The largest absolute Gasteiger partial charge is 0.343 e. The second-order valence-corrected chi connectivity index (χ2v) is 8.88. The number of fused-ring (bicyclic) bond motifs is 1. The van der Waals surface area contributed by atoms with Crippen LogP contribution < -0.4 is 21.4 Å². The Balaban J connectivity index is 0.00000380. The molecule has 0 bridgehead atoms. The lowest BCUT2D eigenvalue weighted by Crippen LogP contribution is -2.57. The van der Waals surface area contributed by atoms with Gasteiger partial charge in [0.2, 0.25) is 11.8 Å². The van der Waals surface area contributed by atoms with Crippen LogP contribution in [0.5, 0.6) is 0 Å². The molecule has 8 nitrogen and oxygen atoms in total. The van der Waals surface area contributed by atoms with Crippen LogP contribution in [-0.4, -0.2) is 41.1 Å². The predicted molar refractivity (Wildman–Crippen MR) is 142 cm³/mol. The van der Waals surface area contributed by atoms with E-state index in [1.54, 1.807) is 5.48 Å². The fourth-order valence-electron chi connectivity index (χ4n) is 4.38. The Morgan fingerprint density at radius 3 is 1.84 bits per heavy atom. The molecule has 5 N–H and O–H groups in total. The number of hydroxylamine groups is 1. The molecule has 9 heteroatoms. The van der Waals surface area contributed by atoms with Gasteiger partial charge in [-0.1, -0.05) is 84.9 Å². The molecule has 4 rings (SSSR count). The molecule has 0 saturated heterocycles. The second-order valence-electron chi connectivity index (χ2n) is 8.88. The van der Waals surface area contributed by atoms with E-state index >= 15 is 0 Å². The molecule has 0 aromatic heterocycles. The highest BCUT2D eigenvalue weighted by Crippen LogP contribution is 2.16. The molecule has 0 radical (unpaired) electrons. The zero-order valence-corrected chi connectivity index (χ0v) is 21.0. The van der Waals surface area contributed by atoms with Crippen molar-refractivity contribution >= 4 is 30.1 Å². The molecule has 3 atom stereocenters. The lowest BCUT2D eigenvalue weighted by molar-refractivity contribution is -0.136. The molecule has 0 saturated carbocycles. The Hall–Kier alpha value is -3.72. The Kier molecular flexibility index (Phi) is 10.2. The van der Waals surface area contributed by atoms with Crippen LogP contribution in [-0.2, 0) is 40.2 Å². The molecule has 1 heterocycles. The molecule has 0 spiro atoms. The van der Waals surface area contributed by atoms with Gasteiger partial charge in [0.05, 0.1) is 6.04 Å². The Morgan fingerprint density at radius 1 is 0.757 bits per heavy atom. The predicted octanol–water partition coefficient (Wildman–Crippen LogP) is 2.08. The summed E-state index contributed by atoms with van der Waals surface area (Å²) in [6.07, 6.45) is 0.956. The number of carbonyl (C=O) groups excluding carboxylic acids is 3. The van der Waals surface area contributed by atoms with Crippen LogP contribution in [0.4, 0.5) is 0 Å². The zero-order valence-electron chi connectivity index (χ0n) is 20.2. The fraction of sp³-hybridized carbons (Fsp3) is 0.250. The first-order valence-electron chi connectivity index (χ1n) is 12.0.